The van der Waals surface area contributed by atoms with Crippen LogP contribution in [0, 0.1) is 13.8 Å². The summed E-state index contributed by atoms with van der Waals surface area (Å²) in [5.41, 5.74) is 3.50. The summed E-state index contributed by atoms with van der Waals surface area (Å²) < 4.78 is 13.5. The van der Waals surface area contributed by atoms with E-state index in [0.717, 1.165) is 41.9 Å². The van der Waals surface area contributed by atoms with Crippen LogP contribution in [0.15, 0.2) is 47.0 Å². The molecule has 2 aromatic carbocycles. The molecule has 0 aliphatic rings. The fourth-order valence-electron chi connectivity index (χ4n) is 3.81. The Morgan fingerprint density at radius 2 is 1.90 bits per heavy atom. The molecule has 156 valence electrons. The van der Waals surface area contributed by atoms with Crippen molar-refractivity contribution < 1.29 is 9.26 Å². The third-order valence-electron chi connectivity index (χ3n) is 5.63. The second kappa shape index (κ2) is 8.69. The van der Waals surface area contributed by atoms with Gasteiger partial charge in [-0.15, -0.1) is 0 Å². The van der Waals surface area contributed by atoms with Crippen molar-refractivity contribution in [3.8, 4) is 5.75 Å². The number of fused-ring (bicyclic) bond motifs is 1. The molecule has 0 bridgehead atoms. The summed E-state index contributed by atoms with van der Waals surface area (Å²) in [7, 11) is 1.97. The molecule has 0 spiro atoms. The average molecular weight is 405 g/mol. The first-order valence-electron chi connectivity index (χ1n) is 10.4. The average Bonchev–Trinajstić information content (AvgIpc) is 3.31. The minimum Gasteiger partial charge on any atom is -0.493 e. The molecule has 0 radical (unpaired) electrons. The van der Waals surface area contributed by atoms with E-state index in [1.807, 2.05) is 42.9 Å². The minimum absolute atomic E-state index is 0.153. The van der Waals surface area contributed by atoms with Crippen LogP contribution in [0.5, 0.6) is 5.75 Å². The summed E-state index contributed by atoms with van der Waals surface area (Å²) in [6, 6.07) is 14.4. The number of hydrogen-bond acceptors (Lipinski definition) is 5. The molecular weight excluding hydrogens is 376 g/mol. The van der Waals surface area contributed by atoms with Gasteiger partial charge >= 0.3 is 0 Å². The predicted molar refractivity (Wildman–Crippen MR) is 117 cm³/mol. The Bertz CT molecular complexity index is 1140. The van der Waals surface area contributed by atoms with Crippen LogP contribution in [0.3, 0.4) is 0 Å². The number of rotatable bonds is 8. The first-order valence-corrected chi connectivity index (χ1v) is 10.4. The van der Waals surface area contributed by atoms with Gasteiger partial charge in [-0.3, -0.25) is 4.68 Å². The van der Waals surface area contributed by atoms with E-state index in [1.165, 1.54) is 16.6 Å². The molecule has 0 fully saturated rings. The number of aryl methyl sites for hydroxylation is 3. The van der Waals surface area contributed by atoms with Gasteiger partial charge in [0.1, 0.15) is 5.75 Å². The van der Waals surface area contributed by atoms with Gasteiger partial charge in [0.15, 0.2) is 5.82 Å². The number of hydrogen-bond donors (Lipinski definition) is 0. The second-order valence-electron chi connectivity index (χ2n) is 7.86. The molecule has 6 nitrogen and oxygen atoms in total. The van der Waals surface area contributed by atoms with Crippen molar-refractivity contribution >= 4 is 10.8 Å². The van der Waals surface area contributed by atoms with Crippen LogP contribution in [0.4, 0.5) is 0 Å². The Morgan fingerprint density at radius 3 is 2.70 bits per heavy atom. The third kappa shape index (κ3) is 4.22. The monoisotopic (exact) mass is 404 g/mol. The van der Waals surface area contributed by atoms with Gasteiger partial charge in [-0.25, -0.2) is 0 Å². The molecule has 30 heavy (non-hydrogen) atoms. The molecular formula is C24H28N4O2. The standard InChI is InChI=1S/C24H28N4O2/c1-16(15-21-17(2)26-28(4)18(21)3)24-25-23(27-30-24)13-8-14-29-22-12-7-10-19-9-5-6-11-20(19)22/h5-7,9-12,16H,8,13-15H2,1-4H3. The number of benzene rings is 2. The molecule has 0 aliphatic heterocycles. The lowest BCUT2D eigenvalue weighted by Crippen LogP contribution is -2.03. The van der Waals surface area contributed by atoms with Crippen molar-refractivity contribution in [2.24, 2.45) is 7.05 Å². The van der Waals surface area contributed by atoms with Crippen molar-refractivity contribution in [2.45, 2.75) is 46.0 Å². The molecule has 2 aromatic heterocycles. The van der Waals surface area contributed by atoms with Crippen molar-refractivity contribution in [3.63, 3.8) is 0 Å². The van der Waals surface area contributed by atoms with Crippen LogP contribution in [0.1, 0.15) is 47.9 Å². The van der Waals surface area contributed by atoms with Gasteiger partial charge in [0.25, 0.3) is 0 Å². The molecule has 4 rings (SSSR count). The van der Waals surface area contributed by atoms with Crippen molar-refractivity contribution in [1.29, 1.82) is 0 Å². The summed E-state index contributed by atoms with van der Waals surface area (Å²) in [5.74, 6) is 2.48. The lowest BCUT2D eigenvalue weighted by Gasteiger charge is -2.08. The van der Waals surface area contributed by atoms with Crippen LogP contribution in [-0.2, 0) is 19.9 Å². The van der Waals surface area contributed by atoms with Gasteiger partial charge in [0.05, 0.1) is 12.3 Å². The molecule has 0 N–H and O–H groups in total. The van der Waals surface area contributed by atoms with E-state index in [-0.39, 0.29) is 5.92 Å². The molecule has 2 heterocycles. The Morgan fingerprint density at radius 1 is 1.10 bits per heavy atom. The zero-order valence-electron chi connectivity index (χ0n) is 18.1. The molecule has 0 aliphatic carbocycles. The highest BCUT2D eigenvalue weighted by Gasteiger charge is 2.19. The van der Waals surface area contributed by atoms with Gasteiger partial charge in [-0.05, 0) is 43.7 Å². The molecule has 0 saturated heterocycles. The third-order valence-corrected chi connectivity index (χ3v) is 5.63. The normalized spacial score (nSPS) is 12.4. The molecule has 1 unspecified atom stereocenters. The van der Waals surface area contributed by atoms with E-state index >= 15 is 0 Å². The Labute approximate surface area is 176 Å². The zero-order chi connectivity index (χ0) is 21.1. The zero-order valence-corrected chi connectivity index (χ0v) is 18.1. The maximum Gasteiger partial charge on any atom is 0.229 e. The van der Waals surface area contributed by atoms with Gasteiger partial charge in [-0.1, -0.05) is 48.5 Å². The molecule has 4 aromatic rings. The summed E-state index contributed by atoms with van der Waals surface area (Å²) in [4.78, 5) is 4.61. The Hall–Kier alpha value is -3.15. The predicted octanol–water partition coefficient (Wildman–Crippen LogP) is 4.93. The maximum atomic E-state index is 6.01. The largest absolute Gasteiger partial charge is 0.493 e. The van der Waals surface area contributed by atoms with Crippen molar-refractivity contribution in [2.75, 3.05) is 6.61 Å². The highest BCUT2D eigenvalue weighted by Crippen LogP contribution is 2.26. The van der Waals surface area contributed by atoms with Crippen LogP contribution >= 0.6 is 0 Å². The summed E-state index contributed by atoms with van der Waals surface area (Å²) >= 11 is 0. The number of aromatic nitrogens is 4. The van der Waals surface area contributed by atoms with E-state index in [0.29, 0.717) is 12.5 Å². The van der Waals surface area contributed by atoms with Gasteiger partial charge < -0.3 is 9.26 Å². The van der Waals surface area contributed by atoms with E-state index in [1.54, 1.807) is 0 Å². The van der Waals surface area contributed by atoms with Crippen LogP contribution in [0.2, 0.25) is 0 Å². The topological polar surface area (TPSA) is 66.0 Å². The molecule has 6 heteroatoms. The number of nitrogens with zero attached hydrogens (tertiary/aromatic N) is 4. The fourth-order valence-corrected chi connectivity index (χ4v) is 3.81. The minimum atomic E-state index is 0.153. The van der Waals surface area contributed by atoms with Gasteiger partial charge in [0, 0.05) is 30.5 Å². The highest BCUT2D eigenvalue weighted by molar-refractivity contribution is 5.88. The highest BCUT2D eigenvalue weighted by atomic mass is 16.5. The smallest absolute Gasteiger partial charge is 0.229 e. The van der Waals surface area contributed by atoms with E-state index in [4.69, 9.17) is 9.26 Å². The van der Waals surface area contributed by atoms with Gasteiger partial charge in [0.2, 0.25) is 5.89 Å². The van der Waals surface area contributed by atoms with Crippen molar-refractivity contribution in [1.82, 2.24) is 19.9 Å². The maximum absolute atomic E-state index is 6.01. The molecule has 0 saturated carbocycles. The first-order chi connectivity index (χ1) is 14.5. The second-order valence-corrected chi connectivity index (χ2v) is 7.86. The van der Waals surface area contributed by atoms with Gasteiger partial charge in [-0.2, -0.15) is 10.1 Å². The Kier molecular flexibility index (Phi) is 5.84. The van der Waals surface area contributed by atoms with Crippen LogP contribution in [-0.4, -0.2) is 26.5 Å². The van der Waals surface area contributed by atoms with E-state index in [2.05, 4.69) is 47.3 Å². The molecule has 1 atom stereocenters. The fraction of sp³-hybridized carbons (Fsp3) is 0.375. The summed E-state index contributed by atoms with van der Waals surface area (Å²) in [6.07, 6.45) is 2.40. The first kappa shape index (κ1) is 20.1. The summed E-state index contributed by atoms with van der Waals surface area (Å²) in [6.45, 7) is 6.87. The van der Waals surface area contributed by atoms with Crippen molar-refractivity contribution in [3.05, 3.63) is 71.1 Å². The lowest BCUT2D eigenvalue weighted by atomic mass is 9.99. The van der Waals surface area contributed by atoms with E-state index < -0.39 is 0 Å². The number of ether oxygens (including phenoxy) is 1. The molecule has 0 amide bonds. The van der Waals surface area contributed by atoms with E-state index in [9.17, 15) is 0 Å². The quantitative estimate of drug-likeness (QED) is 0.390. The SMILES string of the molecule is Cc1nn(C)c(C)c1CC(C)c1nc(CCCOc2cccc3ccccc23)no1. The Balaban J connectivity index is 1.31. The lowest BCUT2D eigenvalue weighted by molar-refractivity contribution is 0.311. The summed E-state index contributed by atoms with van der Waals surface area (Å²) in [5, 5.41) is 11.0. The van der Waals surface area contributed by atoms with Crippen LogP contribution in [0.25, 0.3) is 10.8 Å². The van der Waals surface area contributed by atoms with Crippen LogP contribution < -0.4 is 4.74 Å².